The van der Waals surface area contributed by atoms with Crippen LogP contribution in [-0.2, 0) is 4.79 Å². The van der Waals surface area contributed by atoms with Gasteiger partial charge in [0.2, 0.25) is 5.91 Å². The number of anilines is 1. The predicted octanol–water partition coefficient (Wildman–Crippen LogP) is 3.16. The number of carboxylic acid groups (broad SMARTS) is 1. The first-order valence-electron chi connectivity index (χ1n) is 5.93. The van der Waals surface area contributed by atoms with E-state index in [0.29, 0.717) is 5.02 Å². The molecule has 1 aromatic carbocycles. The van der Waals surface area contributed by atoms with Gasteiger partial charge in [-0.25, -0.2) is 9.78 Å². The number of pyridine rings is 1. The average molecular weight is 323 g/mol. The van der Waals surface area contributed by atoms with Gasteiger partial charge in [-0.1, -0.05) is 11.6 Å². The maximum Gasteiger partial charge on any atom is 0.339 e. The molecule has 1 aromatic heterocycles. The number of nitrogens with one attached hydrogen (secondary N) is 1. The zero-order valence-electron chi connectivity index (χ0n) is 10.7. The van der Waals surface area contributed by atoms with Crippen molar-refractivity contribution in [1.29, 1.82) is 0 Å². The topological polar surface area (TPSA) is 79.3 Å². The van der Waals surface area contributed by atoms with Crippen LogP contribution < -0.4 is 5.32 Å². The summed E-state index contributed by atoms with van der Waals surface area (Å²) in [6, 6.07) is 9.98. The molecule has 0 saturated carbocycles. The molecule has 0 spiro atoms. The normalized spacial score (nSPS) is 10.1. The maximum atomic E-state index is 11.8. The van der Waals surface area contributed by atoms with E-state index in [1.165, 1.54) is 30.1 Å². The lowest BCUT2D eigenvalue weighted by atomic mass is 10.2. The minimum absolute atomic E-state index is 0.0395. The second kappa shape index (κ2) is 7.10. The first-order valence-corrected chi connectivity index (χ1v) is 7.29. The fraction of sp³-hybridized carbons (Fsp3) is 0.0714. The molecule has 2 N–H and O–H groups in total. The third-order valence-electron chi connectivity index (χ3n) is 2.48. The third-order valence-corrected chi connectivity index (χ3v) is 3.74. The zero-order chi connectivity index (χ0) is 15.2. The van der Waals surface area contributed by atoms with Crippen LogP contribution >= 0.6 is 23.4 Å². The highest BCUT2D eigenvalue weighted by Crippen LogP contribution is 2.20. The van der Waals surface area contributed by atoms with Crippen LogP contribution in [0.15, 0.2) is 47.5 Å². The second-order valence-corrected chi connectivity index (χ2v) is 5.48. The number of hydrogen-bond donors (Lipinski definition) is 2. The fourth-order valence-electron chi connectivity index (χ4n) is 1.53. The number of halogens is 1. The number of thioether (sulfide) groups is 1. The Morgan fingerprint density at radius 3 is 2.62 bits per heavy atom. The van der Waals surface area contributed by atoms with E-state index >= 15 is 0 Å². The van der Waals surface area contributed by atoms with Crippen molar-refractivity contribution in [2.24, 2.45) is 0 Å². The fourth-order valence-corrected chi connectivity index (χ4v) is 2.35. The Hall–Kier alpha value is -2.05. The van der Waals surface area contributed by atoms with E-state index in [4.69, 9.17) is 16.7 Å². The Kier molecular flexibility index (Phi) is 5.19. The SMILES string of the molecule is O=C(CSc1ccc(Cl)cc1)Nc1ncccc1C(=O)O. The molecule has 0 saturated heterocycles. The van der Waals surface area contributed by atoms with Crippen LogP contribution in [0.2, 0.25) is 5.02 Å². The molecule has 5 nitrogen and oxygen atoms in total. The van der Waals surface area contributed by atoms with Crippen LogP contribution in [0.25, 0.3) is 0 Å². The number of carbonyl (C=O) groups excluding carboxylic acids is 1. The molecule has 108 valence electrons. The quantitative estimate of drug-likeness (QED) is 0.827. The Morgan fingerprint density at radius 2 is 1.95 bits per heavy atom. The van der Waals surface area contributed by atoms with E-state index < -0.39 is 5.97 Å². The van der Waals surface area contributed by atoms with Crippen LogP contribution in [0, 0.1) is 0 Å². The zero-order valence-corrected chi connectivity index (χ0v) is 12.3. The van der Waals surface area contributed by atoms with Gasteiger partial charge in [0.1, 0.15) is 11.4 Å². The number of rotatable bonds is 5. The Morgan fingerprint density at radius 1 is 1.24 bits per heavy atom. The summed E-state index contributed by atoms with van der Waals surface area (Å²) in [5, 5.41) is 12.1. The van der Waals surface area contributed by atoms with E-state index in [9.17, 15) is 9.59 Å². The monoisotopic (exact) mass is 322 g/mol. The highest BCUT2D eigenvalue weighted by atomic mass is 35.5. The van der Waals surface area contributed by atoms with Crippen molar-refractivity contribution in [3.05, 3.63) is 53.2 Å². The van der Waals surface area contributed by atoms with Crippen LogP contribution in [-0.4, -0.2) is 27.7 Å². The van der Waals surface area contributed by atoms with Crippen molar-refractivity contribution in [3.63, 3.8) is 0 Å². The van der Waals surface area contributed by atoms with Gasteiger partial charge >= 0.3 is 5.97 Å². The Balaban J connectivity index is 1.96. The second-order valence-electron chi connectivity index (χ2n) is 4.00. The Labute approximate surface area is 130 Å². The lowest BCUT2D eigenvalue weighted by Gasteiger charge is -2.07. The summed E-state index contributed by atoms with van der Waals surface area (Å²) in [5.74, 6) is -1.26. The largest absolute Gasteiger partial charge is 0.478 e. The molecular weight excluding hydrogens is 312 g/mol. The molecule has 0 bridgehead atoms. The van der Waals surface area contributed by atoms with Crippen molar-refractivity contribution < 1.29 is 14.7 Å². The van der Waals surface area contributed by atoms with Crippen molar-refractivity contribution in [2.45, 2.75) is 4.90 Å². The van der Waals surface area contributed by atoms with Gasteiger partial charge in [-0.2, -0.15) is 0 Å². The van der Waals surface area contributed by atoms with Crippen LogP contribution in [0.3, 0.4) is 0 Å². The number of nitrogens with zero attached hydrogens (tertiary/aromatic N) is 1. The number of amides is 1. The van der Waals surface area contributed by atoms with E-state index in [0.717, 1.165) is 4.90 Å². The summed E-state index contributed by atoms with van der Waals surface area (Å²) in [6.45, 7) is 0. The van der Waals surface area contributed by atoms with E-state index in [-0.39, 0.29) is 23.0 Å². The summed E-state index contributed by atoms with van der Waals surface area (Å²) in [5.41, 5.74) is -0.0395. The maximum absolute atomic E-state index is 11.8. The average Bonchev–Trinajstić information content (AvgIpc) is 2.47. The van der Waals surface area contributed by atoms with Crippen LogP contribution in [0.4, 0.5) is 5.82 Å². The van der Waals surface area contributed by atoms with Gasteiger partial charge in [-0.05, 0) is 36.4 Å². The van der Waals surface area contributed by atoms with Gasteiger partial charge in [-0.15, -0.1) is 11.8 Å². The Bertz CT molecular complexity index is 662. The molecule has 1 heterocycles. The lowest BCUT2D eigenvalue weighted by Crippen LogP contribution is -2.17. The minimum atomic E-state index is -1.14. The lowest BCUT2D eigenvalue weighted by molar-refractivity contribution is -0.113. The summed E-state index contributed by atoms with van der Waals surface area (Å²) in [7, 11) is 0. The molecular formula is C14H11ClN2O3S. The molecule has 0 aliphatic heterocycles. The van der Waals surface area contributed by atoms with E-state index in [2.05, 4.69) is 10.3 Å². The molecule has 7 heteroatoms. The summed E-state index contributed by atoms with van der Waals surface area (Å²) in [6.07, 6.45) is 1.42. The molecule has 21 heavy (non-hydrogen) atoms. The standard InChI is InChI=1S/C14H11ClN2O3S/c15-9-3-5-10(6-4-9)21-8-12(18)17-13-11(14(19)20)2-1-7-16-13/h1-7H,8H2,(H,19,20)(H,16,17,18). The van der Waals surface area contributed by atoms with Gasteiger partial charge < -0.3 is 10.4 Å². The minimum Gasteiger partial charge on any atom is -0.478 e. The van der Waals surface area contributed by atoms with Crippen molar-refractivity contribution in [2.75, 3.05) is 11.1 Å². The number of aromatic carboxylic acids is 1. The summed E-state index contributed by atoms with van der Waals surface area (Å²) >= 11 is 7.10. The summed E-state index contributed by atoms with van der Waals surface area (Å²) < 4.78 is 0. The highest BCUT2D eigenvalue weighted by Gasteiger charge is 2.13. The highest BCUT2D eigenvalue weighted by molar-refractivity contribution is 8.00. The molecule has 0 unspecified atom stereocenters. The van der Waals surface area contributed by atoms with Gasteiger partial charge in [0.15, 0.2) is 0 Å². The van der Waals surface area contributed by atoms with Gasteiger partial charge in [0.25, 0.3) is 0 Å². The first-order chi connectivity index (χ1) is 10.1. The number of aromatic nitrogens is 1. The van der Waals surface area contributed by atoms with Crippen molar-refractivity contribution in [3.8, 4) is 0 Å². The van der Waals surface area contributed by atoms with Crippen LogP contribution in [0.1, 0.15) is 10.4 Å². The van der Waals surface area contributed by atoms with Crippen LogP contribution in [0.5, 0.6) is 0 Å². The molecule has 2 rings (SSSR count). The number of carbonyl (C=O) groups is 2. The summed E-state index contributed by atoms with van der Waals surface area (Å²) in [4.78, 5) is 27.6. The third kappa shape index (κ3) is 4.47. The molecule has 0 aliphatic rings. The molecule has 0 atom stereocenters. The number of hydrogen-bond acceptors (Lipinski definition) is 4. The molecule has 1 amide bonds. The number of carboxylic acids is 1. The van der Waals surface area contributed by atoms with Gasteiger partial charge in [0.05, 0.1) is 5.75 Å². The predicted molar refractivity (Wildman–Crippen MR) is 82.0 cm³/mol. The molecule has 2 aromatic rings. The van der Waals surface area contributed by atoms with Crippen molar-refractivity contribution in [1.82, 2.24) is 4.98 Å². The smallest absolute Gasteiger partial charge is 0.339 e. The van der Waals surface area contributed by atoms with Crippen molar-refractivity contribution >= 4 is 41.1 Å². The van der Waals surface area contributed by atoms with Gasteiger partial charge in [0, 0.05) is 16.1 Å². The first kappa shape index (κ1) is 15.3. The molecule has 0 fully saturated rings. The van der Waals surface area contributed by atoms with E-state index in [1.54, 1.807) is 12.1 Å². The molecule has 0 radical (unpaired) electrons. The van der Waals surface area contributed by atoms with E-state index in [1.807, 2.05) is 12.1 Å². The molecule has 0 aliphatic carbocycles. The number of benzene rings is 1. The van der Waals surface area contributed by atoms with Gasteiger partial charge in [-0.3, -0.25) is 4.79 Å².